The number of carbonyl (C=O) groups is 8. The molecule has 1 aliphatic rings. The normalized spacial score (nSPS) is 13.7. The van der Waals surface area contributed by atoms with Crippen LogP contribution >= 0.6 is 11.8 Å². The van der Waals surface area contributed by atoms with E-state index in [-0.39, 0.29) is 62.7 Å². The summed E-state index contributed by atoms with van der Waals surface area (Å²) in [4.78, 5) is 120. The van der Waals surface area contributed by atoms with E-state index in [0.29, 0.717) is 33.6 Å². The fourth-order valence-corrected chi connectivity index (χ4v) is 15.6. The molecule has 7 amide bonds. The van der Waals surface area contributed by atoms with Crippen LogP contribution in [-0.2, 0) is 75.1 Å². The summed E-state index contributed by atoms with van der Waals surface area (Å²) in [6, 6.07) is 78.7. The number of hydrogen-bond donors (Lipinski definition) is 8. The number of carbonyl (C=O) groups excluding carboxylic acids is 7. The number of alkyl carbamates (subject to hydrolysis) is 1. The third-order valence-electron chi connectivity index (χ3n) is 19.4. The molecule has 1 aliphatic carbocycles. The number of hydrogen-bond acceptors (Lipinski definition) is 11. The van der Waals surface area contributed by atoms with Crippen LogP contribution in [0.1, 0.15) is 103 Å². The Labute approximate surface area is 653 Å². The lowest BCUT2D eigenvalue weighted by Crippen LogP contribution is -2.61. The van der Waals surface area contributed by atoms with Gasteiger partial charge in [-0.2, -0.15) is 0 Å². The van der Waals surface area contributed by atoms with Crippen molar-refractivity contribution in [2.75, 3.05) is 12.4 Å². The molecule has 0 spiro atoms. The van der Waals surface area contributed by atoms with Crippen LogP contribution in [0.2, 0.25) is 0 Å². The first-order chi connectivity index (χ1) is 53.7. The zero-order valence-electron chi connectivity index (χ0n) is 62.9. The molecule has 10 aromatic carbocycles. The highest BCUT2D eigenvalue weighted by molar-refractivity contribution is 8.00. The molecular weight excluding hydrogens is 1410 g/mol. The fraction of sp³-hybridized carbons (Fsp3) is 0.261. The predicted octanol–water partition coefficient (Wildman–Crippen LogP) is 13.0. The molecule has 0 heterocycles. The van der Waals surface area contributed by atoms with Gasteiger partial charge in [-0.3, -0.25) is 28.8 Å². The first-order valence-electron chi connectivity index (χ1n) is 37.6. The van der Waals surface area contributed by atoms with E-state index in [2.05, 4.69) is 37.2 Å². The van der Waals surface area contributed by atoms with Crippen LogP contribution in [0.25, 0.3) is 11.1 Å². The van der Waals surface area contributed by atoms with Crippen molar-refractivity contribution in [1.29, 1.82) is 0 Å². The Morgan fingerprint density at radius 1 is 0.360 bits per heavy atom. The third kappa shape index (κ3) is 22.1. The highest BCUT2D eigenvalue weighted by Gasteiger charge is 2.41. The molecule has 11 rings (SSSR count). The summed E-state index contributed by atoms with van der Waals surface area (Å²) in [5, 5.41) is 30.8. The van der Waals surface area contributed by atoms with Gasteiger partial charge in [-0.15, -0.1) is 11.8 Å². The number of nitrogens with one attached hydrogen (secondary N) is 7. The molecule has 0 fully saturated rings. The molecule has 7 atom stereocenters. The molecule has 0 aromatic heterocycles. The Balaban J connectivity index is 0.955. The standard InChI is InChI=1S/C92H95N7O11S/c1-61(2)53-81(89(106)107)97-85(102)77(55-63-33-15-7-16-34-63)94-83(100)76(54-62-31-13-6-14-32-62)93-84(101)79(58-66-49-51-70(52-50-66)110-91(3,4)5)96-88(105)82(60-111-92(67-39-21-10-22-40-67,68-41-23-11-24-42-68)69-43-25-12-26-44-69)98-86(103)78(56-64-35-17-8-18-36-64)95-87(104)80(57-65-37-19-9-20-38-65)99-90(108)109-59-75-73-47-29-27-45-71(73)72-46-28-30-48-74(72)75/h6-52,61,75-82H,53-60H2,1-5H3,(H,93,101)(H,94,100)(H,95,104)(H,96,105)(H,97,102)(H,98,103)(H,99,108)(H,106,107)/t76-,77-,78-,79-,80-,81-,82-/m0/s1. The Hall–Kier alpha value is -12.1. The lowest BCUT2D eigenvalue weighted by molar-refractivity contribution is -0.142. The lowest BCUT2D eigenvalue weighted by atomic mass is 9.84. The molecule has 0 aliphatic heterocycles. The van der Waals surface area contributed by atoms with E-state index in [0.717, 1.165) is 38.9 Å². The van der Waals surface area contributed by atoms with E-state index < -0.39 is 100 Å². The Morgan fingerprint density at radius 3 is 0.982 bits per heavy atom. The van der Waals surface area contributed by atoms with Crippen molar-refractivity contribution in [3.05, 3.63) is 341 Å². The second-order valence-electron chi connectivity index (χ2n) is 29.3. The summed E-state index contributed by atoms with van der Waals surface area (Å²) < 4.78 is 11.2. The molecule has 0 radical (unpaired) electrons. The molecule has 8 N–H and O–H groups in total. The van der Waals surface area contributed by atoms with E-state index in [1.807, 2.05) is 235 Å². The van der Waals surface area contributed by atoms with Gasteiger partial charge in [0.05, 0.1) is 4.75 Å². The number of benzene rings is 10. The quantitative estimate of drug-likeness (QED) is 0.0173. The first-order valence-corrected chi connectivity index (χ1v) is 38.6. The van der Waals surface area contributed by atoms with E-state index in [9.17, 15) is 19.5 Å². The van der Waals surface area contributed by atoms with Crippen LogP contribution < -0.4 is 42.0 Å². The van der Waals surface area contributed by atoms with Gasteiger partial charge in [0.2, 0.25) is 35.4 Å². The predicted molar refractivity (Wildman–Crippen MR) is 433 cm³/mol. The highest BCUT2D eigenvalue weighted by Crippen LogP contribution is 2.49. The molecule has 0 saturated heterocycles. The maximum atomic E-state index is 16.3. The molecular formula is C92H95N7O11S. The third-order valence-corrected chi connectivity index (χ3v) is 21.0. The van der Waals surface area contributed by atoms with Gasteiger partial charge in [-0.1, -0.05) is 287 Å². The van der Waals surface area contributed by atoms with E-state index in [1.54, 1.807) is 84.9 Å². The molecule has 111 heavy (non-hydrogen) atoms. The van der Waals surface area contributed by atoms with Crippen LogP contribution in [-0.4, -0.2) is 113 Å². The summed E-state index contributed by atoms with van der Waals surface area (Å²) in [7, 11) is 0. The van der Waals surface area contributed by atoms with E-state index >= 15 is 24.0 Å². The number of ether oxygens (including phenoxy) is 2. The van der Waals surface area contributed by atoms with Gasteiger partial charge >= 0.3 is 12.1 Å². The van der Waals surface area contributed by atoms with Crippen LogP contribution in [0.4, 0.5) is 4.79 Å². The van der Waals surface area contributed by atoms with Gasteiger partial charge in [-0.05, 0) is 112 Å². The van der Waals surface area contributed by atoms with Crippen LogP contribution in [0, 0.1) is 5.92 Å². The first kappa shape index (κ1) is 79.9. The maximum absolute atomic E-state index is 16.3. The minimum atomic E-state index is -1.52. The molecule has 0 bridgehead atoms. The number of carboxylic acid groups (broad SMARTS) is 1. The SMILES string of the molecule is CC(C)C[C@H](NC(=O)[C@H](Cc1ccccc1)NC(=O)[C@H](Cc1ccccc1)NC(=O)[C@H](Cc1ccc(OC(C)(C)C)cc1)NC(=O)[C@H](CSC(c1ccccc1)(c1ccccc1)c1ccccc1)NC(=O)[C@H](Cc1ccccc1)NC(=O)[C@H](Cc1ccccc1)NC(=O)OCC1c2ccccc2-c2ccccc21)C(=O)O. The number of amides is 7. The maximum Gasteiger partial charge on any atom is 0.407 e. The van der Waals surface area contributed by atoms with Crippen molar-refractivity contribution < 1.29 is 52.9 Å². The van der Waals surface area contributed by atoms with Gasteiger partial charge in [0.1, 0.15) is 60.3 Å². The Kier molecular flexibility index (Phi) is 27.6. The molecule has 18 nitrogen and oxygen atoms in total. The van der Waals surface area contributed by atoms with Crippen molar-refractivity contribution >= 4 is 59.3 Å². The van der Waals surface area contributed by atoms with E-state index in [4.69, 9.17) is 9.47 Å². The van der Waals surface area contributed by atoms with Gasteiger partial charge in [0.25, 0.3) is 0 Å². The van der Waals surface area contributed by atoms with Gasteiger partial charge in [-0.25, -0.2) is 9.59 Å². The average molecular weight is 1510 g/mol. The Bertz CT molecular complexity index is 4610. The minimum absolute atomic E-state index is 0.00231. The van der Waals surface area contributed by atoms with Gasteiger partial charge < -0.3 is 51.8 Å². The average Bonchev–Trinajstić information content (AvgIpc) is 1.74. The largest absolute Gasteiger partial charge is 0.488 e. The smallest absolute Gasteiger partial charge is 0.407 e. The zero-order chi connectivity index (χ0) is 78.3. The number of thioether (sulfide) groups is 1. The topological polar surface area (TPSA) is 259 Å². The van der Waals surface area contributed by atoms with Gasteiger partial charge in [0.15, 0.2) is 0 Å². The van der Waals surface area contributed by atoms with Crippen molar-refractivity contribution in [3.63, 3.8) is 0 Å². The van der Waals surface area contributed by atoms with Crippen LogP contribution in [0.5, 0.6) is 5.75 Å². The molecule has 0 unspecified atom stereocenters. The molecule has 0 saturated carbocycles. The molecule has 19 heteroatoms. The molecule has 10 aromatic rings. The summed E-state index contributed by atoms with van der Waals surface area (Å²) in [5.74, 6) is -5.91. The van der Waals surface area contributed by atoms with Crippen LogP contribution in [0.15, 0.2) is 285 Å². The number of aliphatic carboxylic acids is 1. The lowest BCUT2D eigenvalue weighted by Gasteiger charge is -2.37. The van der Waals surface area contributed by atoms with Crippen LogP contribution in [0.3, 0.4) is 0 Å². The zero-order valence-corrected chi connectivity index (χ0v) is 63.7. The monoisotopic (exact) mass is 1510 g/mol. The summed E-state index contributed by atoms with van der Waals surface area (Å²) >= 11 is 1.38. The number of rotatable bonds is 35. The van der Waals surface area contributed by atoms with Crippen molar-refractivity contribution in [3.8, 4) is 16.9 Å². The summed E-state index contributed by atoms with van der Waals surface area (Å²) in [5.41, 5.74) is 9.30. The number of carboxylic acids is 1. The van der Waals surface area contributed by atoms with Crippen molar-refractivity contribution in [2.45, 2.75) is 132 Å². The van der Waals surface area contributed by atoms with E-state index in [1.165, 1.54) is 11.8 Å². The second kappa shape index (κ2) is 38.3. The highest BCUT2D eigenvalue weighted by atomic mass is 32.2. The minimum Gasteiger partial charge on any atom is -0.488 e. The van der Waals surface area contributed by atoms with Crippen molar-refractivity contribution in [1.82, 2.24) is 37.2 Å². The second-order valence-corrected chi connectivity index (χ2v) is 30.5. The summed E-state index contributed by atoms with van der Waals surface area (Å²) in [6.45, 7) is 9.39. The van der Waals surface area contributed by atoms with Gasteiger partial charge in [0, 0.05) is 43.8 Å². The van der Waals surface area contributed by atoms with Crippen molar-refractivity contribution in [2.24, 2.45) is 5.92 Å². The Morgan fingerprint density at radius 2 is 0.649 bits per heavy atom. The fourth-order valence-electron chi connectivity index (χ4n) is 14.0. The number of fused-ring (bicyclic) bond motifs is 3. The molecule has 570 valence electrons. The summed E-state index contributed by atoms with van der Waals surface area (Å²) in [6.07, 6.45) is -1.13.